The quantitative estimate of drug-likeness (QED) is 0.848. The van der Waals surface area contributed by atoms with Gasteiger partial charge in [0.25, 0.3) is 0 Å². The molecule has 114 valence electrons. The molecule has 2 atom stereocenters. The smallest absolute Gasteiger partial charge is 0.242 e. The lowest BCUT2D eigenvalue weighted by Gasteiger charge is -2.35. The first kappa shape index (κ1) is 17.1. The Morgan fingerprint density at radius 3 is 1.80 bits per heavy atom. The highest BCUT2D eigenvalue weighted by Gasteiger charge is 2.54. The molecule has 0 aliphatic rings. The van der Waals surface area contributed by atoms with E-state index in [1.807, 2.05) is 0 Å². The molecule has 1 unspecified atom stereocenters. The fourth-order valence-corrected chi connectivity index (χ4v) is 2.31. The molecule has 0 amide bonds. The van der Waals surface area contributed by atoms with Crippen LogP contribution in [0, 0.1) is 5.82 Å². The minimum atomic E-state index is -4.67. The predicted octanol–water partition coefficient (Wildman–Crippen LogP) is 3.66. The van der Waals surface area contributed by atoms with Crippen molar-refractivity contribution in [3.63, 3.8) is 0 Å². The van der Waals surface area contributed by atoms with Crippen molar-refractivity contribution in [3.05, 3.63) is 35.6 Å². The summed E-state index contributed by atoms with van der Waals surface area (Å²) in [7, 11) is -1.92. The maximum atomic E-state index is 13.3. The zero-order valence-corrected chi connectivity index (χ0v) is 12.5. The maximum Gasteiger partial charge on any atom is 0.411 e. The zero-order chi connectivity index (χ0) is 15.8. The van der Waals surface area contributed by atoms with Gasteiger partial charge in [0.05, 0.1) is 15.7 Å². The third-order valence-corrected chi connectivity index (χ3v) is 4.55. The third kappa shape index (κ3) is 3.58. The SMILES string of the molecule is CC(C)(C)S(=O)N[C@@](C)(c1ccc(F)cc1)C(F)(F)F. The van der Waals surface area contributed by atoms with E-state index in [2.05, 4.69) is 4.72 Å². The molecule has 0 radical (unpaired) electrons. The minimum absolute atomic E-state index is 0.191. The minimum Gasteiger partial charge on any atom is -0.242 e. The highest BCUT2D eigenvalue weighted by Crippen LogP contribution is 2.39. The van der Waals surface area contributed by atoms with Gasteiger partial charge in [-0.05, 0) is 45.4 Å². The zero-order valence-electron chi connectivity index (χ0n) is 11.6. The predicted molar refractivity (Wildman–Crippen MR) is 70.8 cm³/mol. The molecular formula is C13H17F4NOS. The lowest BCUT2D eigenvalue weighted by molar-refractivity contribution is -0.189. The highest BCUT2D eigenvalue weighted by molar-refractivity contribution is 7.84. The monoisotopic (exact) mass is 311 g/mol. The van der Waals surface area contributed by atoms with Crippen LogP contribution in [0.1, 0.15) is 33.3 Å². The van der Waals surface area contributed by atoms with Crippen LogP contribution in [0.4, 0.5) is 17.6 Å². The van der Waals surface area contributed by atoms with E-state index in [1.165, 1.54) is 0 Å². The van der Waals surface area contributed by atoms with Crippen LogP contribution in [-0.2, 0) is 16.5 Å². The molecule has 0 spiro atoms. The van der Waals surface area contributed by atoms with Crippen LogP contribution in [0.2, 0.25) is 0 Å². The second-order valence-corrected chi connectivity index (χ2v) is 7.58. The van der Waals surface area contributed by atoms with E-state index in [0.29, 0.717) is 0 Å². The first-order chi connectivity index (χ1) is 8.88. The Balaban J connectivity index is 3.25. The van der Waals surface area contributed by atoms with Crippen LogP contribution in [0.3, 0.4) is 0 Å². The van der Waals surface area contributed by atoms with Crippen molar-refractivity contribution in [1.82, 2.24) is 4.72 Å². The summed E-state index contributed by atoms with van der Waals surface area (Å²) in [5.74, 6) is -0.629. The second kappa shape index (κ2) is 5.44. The average molecular weight is 311 g/mol. The lowest BCUT2D eigenvalue weighted by Crippen LogP contribution is -2.54. The van der Waals surface area contributed by atoms with Gasteiger partial charge in [0.2, 0.25) is 0 Å². The molecule has 0 bridgehead atoms. The normalized spacial score (nSPS) is 17.6. The molecular weight excluding hydrogens is 294 g/mol. The Hall–Kier alpha value is -0.950. The first-order valence-corrected chi connectivity index (χ1v) is 7.05. The number of hydrogen-bond donors (Lipinski definition) is 1. The van der Waals surface area contributed by atoms with E-state index >= 15 is 0 Å². The molecule has 1 rings (SSSR count). The molecule has 1 aromatic carbocycles. The molecule has 0 aliphatic carbocycles. The van der Waals surface area contributed by atoms with Crippen molar-refractivity contribution in [1.29, 1.82) is 0 Å². The maximum absolute atomic E-state index is 13.3. The molecule has 0 heterocycles. The number of alkyl halides is 3. The third-order valence-electron chi connectivity index (χ3n) is 2.84. The Morgan fingerprint density at radius 1 is 1.00 bits per heavy atom. The van der Waals surface area contributed by atoms with Crippen LogP contribution in [0.5, 0.6) is 0 Å². The average Bonchev–Trinajstić information content (AvgIpc) is 2.26. The summed E-state index contributed by atoms with van der Waals surface area (Å²) in [6, 6.07) is 3.97. The largest absolute Gasteiger partial charge is 0.411 e. The number of rotatable bonds is 3. The van der Waals surface area contributed by atoms with Crippen molar-refractivity contribution in [2.75, 3.05) is 0 Å². The number of hydrogen-bond acceptors (Lipinski definition) is 1. The van der Waals surface area contributed by atoms with Crippen molar-refractivity contribution in [2.24, 2.45) is 0 Å². The molecule has 1 aromatic rings. The number of halogens is 4. The fraction of sp³-hybridized carbons (Fsp3) is 0.538. The van der Waals surface area contributed by atoms with E-state index in [-0.39, 0.29) is 5.56 Å². The molecule has 2 nitrogen and oxygen atoms in total. The molecule has 0 saturated carbocycles. The summed E-state index contributed by atoms with van der Waals surface area (Å²) in [5, 5.41) is 0. The summed E-state index contributed by atoms with van der Waals surface area (Å²) >= 11 is 0. The van der Waals surface area contributed by atoms with Crippen molar-refractivity contribution >= 4 is 11.0 Å². The Morgan fingerprint density at radius 2 is 1.45 bits per heavy atom. The fourth-order valence-electron chi connectivity index (χ4n) is 1.40. The van der Waals surface area contributed by atoms with Gasteiger partial charge < -0.3 is 0 Å². The summed E-state index contributed by atoms with van der Waals surface area (Å²) in [4.78, 5) is 0. The molecule has 0 fully saturated rings. The van der Waals surface area contributed by atoms with Crippen molar-refractivity contribution < 1.29 is 21.8 Å². The summed E-state index contributed by atoms with van der Waals surface area (Å²) in [6.45, 7) is 5.59. The van der Waals surface area contributed by atoms with Crippen LogP contribution in [-0.4, -0.2) is 15.1 Å². The number of benzene rings is 1. The van der Waals surface area contributed by atoms with Crippen LogP contribution < -0.4 is 4.72 Å². The van der Waals surface area contributed by atoms with Crippen LogP contribution in [0.25, 0.3) is 0 Å². The van der Waals surface area contributed by atoms with Gasteiger partial charge in [-0.2, -0.15) is 13.2 Å². The lowest BCUT2D eigenvalue weighted by atomic mass is 9.92. The molecule has 20 heavy (non-hydrogen) atoms. The van der Waals surface area contributed by atoms with Gasteiger partial charge in [-0.1, -0.05) is 12.1 Å². The van der Waals surface area contributed by atoms with Crippen molar-refractivity contribution in [2.45, 2.75) is 44.2 Å². The van der Waals surface area contributed by atoms with E-state index in [0.717, 1.165) is 31.2 Å². The molecule has 0 aromatic heterocycles. The van der Waals surface area contributed by atoms with E-state index in [1.54, 1.807) is 20.8 Å². The van der Waals surface area contributed by atoms with Gasteiger partial charge >= 0.3 is 6.18 Å². The molecule has 7 heteroatoms. The van der Waals surface area contributed by atoms with Crippen LogP contribution >= 0.6 is 0 Å². The Labute approximate surface area is 118 Å². The van der Waals surface area contributed by atoms with Crippen LogP contribution in [0.15, 0.2) is 24.3 Å². The summed E-state index contributed by atoms with van der Waals surface area (Å²) in [6.07, 6.45) is -4.67. The van der Waals surface area contributed by atoms with Gasteiger partial charge in [-0.3, -0.25) is 0 Å². The van der Waals surface area contributed by atoms with Gasteiger partial charge in [-0.25, -0.2) is 13.3 Å². The van der Waals surface area contributed by atoms with Gasteiger partial charge in [0.1, 0.15) is 11.4 Å². The summed E-state index contributed by atoms with van der Waals surface area (Å²) in [5.41, 5.74) is -2.71. The summed E-state index contributed by atoms with van der Waals surface area (Å²) < 4.78 is 66.2. The Kier molecular flexibility index (Phi) is 4.65. The first-order valence-electron chi connectivity index (χ1n) is 5.90. The van der Waals surface area contributed by atoms with E-state index < -0.39 is 33.3 Å². The highest BCUT2D eigenvalue weighted by atomic mass is 32.2. The Bertz CT molecular complexity index is 493. The topological polar surface area (TPSA) is 29.1 Å². The van der Waals surface area contributed by atoms with Gasteiger partial charge in [0.15, 0.2) is 0 Å². The van der Waals surface area contributed by atoms with Gasteiger partial charge in [0, 0.05) is 0 Å². The standard InChI is InChI=1S/C13H17F4NOS/c1-11(2,3)20(19)18-12(4,13(15,16)17)9-5-7-10(14)8-6-9/h5-8,18H,1-4H3/t12-,20?/m0/s1. The van der Waals surface area contributed by atoms with E-state index in [4.69, 9.17) is 0 Å². The molecule has 0 aliphatic heterocycles. The van der Waals surface area contributed by atoms with E-state index in [9.17, 15) is 21.8 Å². The molecule has 1 N–H and O–H groups in total. The molecule has 0 saturated heterocycles. The number of nitrogens with one attached hydrogen (secondary N) is 1. The second-order valence-electron chi connectivity index (χ2n) is 5.61. The van der Waals surface area contributed by atoms with Crippen molar-refractivity contribution in [3.8, 4) is 0 Å². The van der Waals surface area contributed by atoms with Gasteiger partial charge in [-0.15, -0.1) is 0 Å².